The normalized spacial score (nSPS) is 15.7. The van der Waals surface area contributed by atoms with Crippen molar-refractivity contribution in [1.82, 2.24) is 5.32 Å². The number of carbonyl (C=O) groups excluding carboxylic acids is 2. The van der Waals surface area contributed by atoms with E-state index >= 15 is 0 Å². The molecule has 2 aliphatic rings. The fourth-order valence-electron chi connectivity index (χ4n) is 5.29. The molecular formula is C39H50ClN2O2PdS-. The van der Waals surface area contributed by atoms with Crippen LogP contribution in [0.3, 0.4) is 0 Å². The smallest absolute Gasteiger partial charge is 0.207 e. The molecular weight excluding hydrogens is 702 g/mol. The minimum atomic E-state index is -0.785. The number of thiol groups is 1. The van der Waals surface area contributed by atoms with Gasteiger partial charge in [0.1, 0.15) is 0 Å². The molecule has 2 unspecified atom stereocenters. The summed E-state index contributed by atoms with van der Waals surface area (Å²) in [6.07, 6.45) is 28.5. The van der Waals surface area contributed by atoms with Crippen molar-refractivity contribution in [3.63, 3.8) is 0 Å². The van der Waals surface area contributed by atoms with Gasteiger partial charge in [-0.1, -0.05) is 117 Å². The number of hydrogen-bond acceptors (Lipinski definition) is 3. The standard InChI is InChI=1S/C31H32ClNO2.C3H6N.C2H6.C2H2.CH4S.Pd/c32-30-16-10-4-9-15-29(30)31(21-28(35)22-33-23-34,26-13-7-3-8-14-26)27-19-17-25(18-20-27)24-11-5-1-2-6-12-24;1-3(2)4;3*1-2;/h1,3,5,7-10,13-20,23-24H,2,4,6,11-12,21-22H2,(H,33,34);4H,1H2,2H3;1-2H3;1-2H;2H,1H3;/q;-1;;;;. The third-order valence-electron chi connectivity index (χ3n) is 7.03. The summed E-state index contributed by atoms with van der Waals surface area (Å²) in [6, 6.07) is 18.9. The average molecular weight is 753 g/mol. The zero-order valence-electron chi connectivity index (χ0n) is 27.6. The Kier molecular flexibility index (Phi) is 26.5. The molecule has 0 heterocycles. The number of benzene rings is 2. The number of Topliss-reactive ketones (excluding diaryl/α,β-unsaturated/α-hetero) is 1. The molecule has 2 N–H and O–H groups in total. The van der Waals surface area contributed by atoms with Crippen molar-refractivity contribution >= 4 is 36.4 Å². The Labute approximate surface area is 302 Å². The zero-order chi connectivity index (χ0) is 34.1. The predicted octanol–water partition coefficient (Wildman–Crippen LogP) is 10.3. The van der Waals surface area contributed by atoms with Crippen LogP contribution in [0.15, 0.2) is 114 Å². The summed E-state index contributed by atoms with van der Waals surface area (Å²) >= 11 is 10.4. The van der Waals surface area contributed by atoms with Gasteiger partial charge < -0.3 is 11.1 Å². The largest absolute Gasteiger partial charge is 0.703 e. The van der Waals surface area contributed by atoms with Crippen LogP contribution in [0.25, 0.3) is 5.73 Å². The van der Waals surface area contributed by atoms with Crippen LogP contribution < -0.4 is 5.32 Å². The maximum Gasteiger partial charge on any atom is 0.207 e. The van der Waals surface area contributed by atoms with E-state index in [-0.39, 0.29) is 39.2 Å². The molecule has 0 fully saturated rings. The van der Waals surface area contributed by atoms with Crippen LogP contribution in [-0.4, -0.2) is 25.0 Å². The van der Waals surface area contributed by atoms with Gasteiger partial charge >= 0.3 is 0 Å². The Balaban J connectivity index is 0. The van der Waals surface area contributed by atoms with E-state index in [4.69, 9.17) is 17.3 Å². The summed E-state index contributed by atoms with van der Waals surface area (Å²) < 4.78 is 0. The van der Waals surface area contributed by atoms with E-state index in [0.29, 0.717) is 23.1 Å². The van der Waals surface area contributed by atoms with Crippen LogP contribution >= 0.6 is 24.2 Å². The van der Waals surface area contributed by atoms with Gasteiger partial charge in [0.05, 0.1) is 12.0 Å². The fraction of sp³-hybridized carbons (Fsp3) is 0.333. The molecule has 0 aliphatic heterocycles. The molecule has 4 nitrogen and oxygen atoms in total. The molecule has 0 aromatic heterocycles. The van der Waals surface area contributed by atoms with Gasteiger partial charge in [-0.3, -0.25) is 9.59 Å². The molecule has 0 saturated carbocycles. The number of nitrogens with one attached hydrogen (secondary N) is 2. The second-order valence-corrected chi connectivity index (χ2v) is 10.4. The molecule has 0 radical (unpaired) electrons. The Morgan fingerprint density at radius 3 is 2.17 bits per heavy atom. The molecule has 2 aromatic carbocycles. The van der Waals surface area contributed by atoms with Crippen molar-refractivity contribution in [2.75, 3.05) is 12.8 Å². The number of rotatable bonds is 9. The number of ketones is 1. The van der Waals surface area contributed by atoms with Crippen molar-refractivity contribution in [1.29, 1.82) is 0 Å². The van der Waals surface area contributed by atoms with Gasteiger partial charge in [0.2, 0.25) is 6.41 Å². The van der Waals surface area contributed by atoms with E-state index < -0.39 is 5.41 Å². The minimum Gasteiger partial charge on any atom is -0.703 e. The molecule has 2 atom stereocenters. The summed E-state index contributed by atoms with van der Waals surface area (Å²) in [5.41, 5.74) is 10.3. The first kappa shape index (κ1) is 45.1. The maximum absolute atomic E-state index is 13.2. The van der Waals surface area contributed by atoms with Crippen LogP contribution in [0.4, 0.5) is 0 Å². The molecule has 0 saturated heterocycles. The van der Waals surface area contributed by atoms with Crippen LogP contribution in [0, 0.1) is 12.8 Å². The van der Waals surface area contributed by atoms with Crippen LogP contribution in [0.1, 0.15) is 81.9 Å². The van der Waals surface area contributed by atoms with Crippen LogP contribution in [0.5, 0.6) is 0 Å². The van der Waals surface area contributed by atoms with Crippen molar-refractivity contribution in [2.45, 2.75) is 70.6 Å². The SMILES string of the molecule is C#C.C=C(C)[NH-].CC.CS.O=CNCC(=O)CC(C1=C(Cl)C=CCC=C1)(c1ccccc1)c1ccc(C2CC=CCCC2)cc1.[Pd]. The van der Waals surface area contributed by atoms with Gasteiger partial charge in [-0.25, -0.2) is 0 Å². The number of terminal acetylenes is 1. The number of halogens is 1. The van der Waals surface area contributed by atoms with E-state index in [2.05, 4.69) is 98.1 Å². The summed E-state index contributed by atoms with van der Waals surface area (Å²) in [6.45, 7) is 8.84. The third-order valence-corrected chi connectivity index (χ3v) is 7.36. The van der Waals surface area contributed by atoms with Gasteiger partial charge in [-0.2, -0.15) is 18.3 Å². The second-order valence-electron chi connectivity index (χ2n) is 10.0. The van der Waals surface area contributed by atoms with Gasteiger partial charge in [0.15, 0.2) is 5.78 Å². The first-order valence-electron chi connectivity index (χ1n) is 15.3. The van der Waals surface area contributed by atoms with E-state index in [0.717, 1.165) is 36.0 Å². The molecule has 2 aliphatic carbocycles. The molecule has 4 rings (SSSR count). The average Bonchev–Trinajstić information content (AvgIpc) is 3.49. The van der Waals surface area contributed by atoms with Crippen molar-refractivity contribution < 1.29 is 30.0 Å². The van der Waals surface area contributed by atoms with Gasteiger partial charge in [-0.15, -0.1) is 19.4 Å². The van der Waals surface area contributed by atoms with Gasteiger partial charge in [0.25, 0.3) is 0 Å². The number of hydrogen-bond donors (Lipinski definition) is 2. The van der Waals surface area contributed by atoms with E-state index in [1.54, 1.807) is 13.2 Å². The monoisotopic (exact) mass is 751 g/mol. The van der Waals surface area contributed by atoms with Crippen molar-refractivity contribution in [3.05, 3.63) is 136 Å². The minimum absolute atomic E-state index is 0. The summed E-state index contributed by atoms with van der Waals surface area (Å²) in [4.78, 5) is 24.1. The predicted molar refractivity (Wildman–Crippen MR) is 199 cm³/mol. The van der Waals surface area contributed by atoms with E-state index in [9.17, 15) is 9.59 Å². The molecule has 0 bridgehead atoms. The third kappa shape index (κ3) is 14.6. The number of allylic oxidation sites excluding steroid dienone is 9. The van der Waals surface area contributed by atoms with Crippen LogP contribution in [-0.2, 0) is 35.4 Å². The fourth-order valence-corrected chi connectivity index (χ4v) is 5.60. The first-order chi connectivity index (χ1) is 21.9. The summed E-state index contributed by atoms with van der Waals surface area (Å²) in [5, 5.41) is 3.16. The summed E-state index contributed by atoms with van der Waals surface area (Å²) in [7, 11) is 0. The molecule has 0 spiro atoms. The maximum atomic E-state index is 13.2. The molecule has 1 amide bonds. The molecule has 46 heavy (non-hydrogen) atoms. The van der Waals surface area contributed by atoms with Crippen LogP contribution in [0.2, 0.25) is 0 Å². The molecule has 252 valence electrons. The van der Waals surface area contributed by atoms with Crippen molar-refractivity contribution in [3.8, 4) is 12.8 Å². The van der Waals surface area contributed by atoms with E-state index in [1.165, 1.54) is 18.4 Å². The Bertz CT molecular complexity index is 1300. The van der Waals surface area contributed by atoms with Gasteiger partial charge in [0, 0.05) is 31.9 Å². The molecule has 2 aromatic rings. The Morgan fingerprint density at radius 1 is 1.02 bits per heavy atom. The quantitative estimate of drug-likeness (QED) is 0.0881. The number of amides is 1. The first-order valence-corrected chi connectivity index (χ1v) is 16.5. The second kappa shape index (κ2) is 27.1. The number of carbonyl (C=O) groups is 2. The Morgan fingerprint density at radius 2 is 1.59 bits per heavy atom. The van der Waals surface area contributed by atoms with Gasteiger partial charge in [-0.05, 0) is 72.6 Å². The van der Waals surface area contributed by atoms with Crippen molar-refractivity contribution in [2.24, 2.45) is 0 Å². The Hall–Kier alpha value is -3.06. The summed E-state index contributed by atoms with van der Waals surface area (Å²) in [5.74, 6) is 0.452. The molecule has 7 heteroatoms. The zero-order valence-corrected chi connectivity index (χ0v) is 30.8. The van der Waals surface area contributed by atoms with E-state index in [1.807, 2.05) is 44.2 Å². The topological polar surface area (TPSA) is 70.0 Å².